The lowest BCUT2D eigenvalue weighted by Gasteiger charge is -2.18. The standard InChI is InChI=1S/C11H13BrFNO/c1-11(2,3)10(15)14-9-7(12)5-4-6-8(9)13/h4-6H,1-3H3,(H,14,15). The summed E-state index contributed by atoms with van der Waals surface area (Å²) in [5.74, 6) is -0.657. The van der Waals surface area contributed by atoms with E-state index in [4.69, 9.17) is 0 Å². The highest BCUT2D eigenvalue weighted by Gasteiger charge is 2.22. The molecular weight excluding hydrogens is 261 g/mol. The average Bonchev–Trinajstić information content (AvgIpc) is 2.09. The van der Waals surface area contributed by atoms with E-state index in [0.29, 0.717) is 4.47 Å². The van der Waals surface area contributed by atoms with Crippen molar-refractivity contribution < 1.29 is 9.18 Å². The molecule has 0 aliphatic heterocycles. The molecule has 2 nitrogen and oxygen atoms in total. The van der Waals surface area contributed by atoms with Gasteiger partial charge in [-0.05, 0) is 28.1 Å². The number of nitrogens with one attached hydrogen (secondary N) is 1. The van der Waals surface area contributed by atoms with Gasteiger partial charge in [0.1, 0.15) is 5.82 Å². The smallest absolute Gasteiger partial charge is 0.229 e. The molecule has 0 spiro atoms. The molecule has 0 saturated heterocycles. The van der Waals surface area contributed by atoms with E-state index in [0.717, 1.165) is 0 Å². The van der Waals surface area contributed by atoms with Crippen molar-refractivity contribution in [2.45, 2.75) is 20.8 Å². The minimum Gasteiger partial charge on any atom is -0.322 e. The number of anilines is 1. The van der Waals surface area contributed by atoms with Crippen molar-refractivity contribution in [3.05, 3.63) is 28.5 Å². The Kier molecular flexibility index (Phi) is 3.50. The Morgan fingerprint density at radius 3 is 2.47 bits per heavy atom. The Morgan fingerprint density at radius 2 is 2.00 bits per heavy atom. The highest BCUT2D eigenvalue weighted by molar-refractivity contribution is 9.10. The van der Waals surface area contributed by atoms with Gasteiger partial charge in [0.15, 0.2) is 0 Å². The summed E-state index contributed by atoms with van der Waals surface area (Å²) in [7, 11) is 0. The molecule has 0 heterocycles. The topological polar surface area (TPSA) is 29.1 Å². The largest absolute Gasteiger partial charge is 0.322 e. The molecule has 0 aliphatic rings. The first-order valence-corrected chi connectivity index (χ1v) is 5.37. The predicted octanol–water partition coefficient (Wildman–Crippen LogP) is 3.57. The first-order chi connectivity index (χ1) is 6.82. The van der Waals surface area contributed by atoms with Gasteiger partial charge >= 0.3 is 0 Å². The molecule has 1 rings (SSSR count). The molecule has 0 fully saturated rings. The molecule has 1 aromatic carbocycles. The fourth-order valence-electron chi connectivity index (χ4n) is 0.918. The van der Waals surface area contributed by atoms with Crippen LogP contribution in [0.4, 0.5) is 10.1 Å². The van der Waals surface area contributed by atoms with Crippen molar-refractivity contribution >= 4 is 27.5 Å². The highest BCUT2D eigenvalue weighted by atomic mass is 79.9. The van der Waals surface area contributed by atoms with Crippen LogP contribution >= 0.6 is 15.9 Å². The van der Waals surface area contributed by atoms with Crippen LogP contribution in [0.1, 0.15) is 20.8 Å². The van der Waals surface area contributed by atoms with E-state index in [1.807, 2.05) is 0 Å². The van der Waals surface area contributed by atoms with Crippen molar-refractivity contribution in [2.24, 2.45) is 5.41 Å². The predicted molar refractivity (Wildman–Crippen MR) is 62.2 cm³/mol. The molecule has 0 aliphatic carbocycles. The number of carbonyl (C=O) groups is 1. The Labute approximate surface area is 97.0 Å². The van der Waals surface area contributed by atoms with Gasteiger partial charge in [0.2, 0.25) is 5.91 Å². The zero-order chi connectivity index (χ0) is 11.6. The molecular formula is C11H13BrFNO. The molecule has 15 heavy (non-hydrogen) atoms. The van der Waals surface area contributed by atoms with E-state index in [-0.39, 0.29) is 11.6 Å². The van der Waals surface area contributed by atoms with Crippen molar-refractivity contribution in [1.29, 1.82) is 0 Å². The van der Waals surface area contributed by atoms with Crippen molar-refractivity contribution in [1.82, 2.24) is 0 Å². The zero-order valence-electron chi connectivity index (χ0n) is 8.90. The van der Waals surface area contributed by atoms with E-state index in [2.05, 4.69) is 21.2 Å². The van der Waals surface area contributed by atoms with Gasteiger partial charge in [-0.15, -0.1) is 0 Å². The minimum atomic E-state index is -0.540. The van der Waals surface area contributed by atoms with Gasteiger partial charge in [-0.2, -0.15) is 0 Å². The lowest BCUT2D eigenvalue weighted by molar-refractivity contribution is -0.123. The number of hydrogen-bond acceptors (Lipinski definition) is 1. The molecule has 1 aromatic rings. The first kappa shape index (κ1) is 12.2. The second kappa shape index (κ2) is 4.31. The number of benzene rings is 1. The molecule has 0 saturated carbocycles. The normalized spacial score (nSPS) is 11.3. The van der Waals surface area contributed by atoms with Crippen LogP contribution < -0.4 is 5.32 Å². The molecule has 82 valence electrons. The number of halogens is 2. The molecule has 4 heteroatoms. The van der Waals surface area contributed by atoms with Gasteiger partial charge in [-0.3, -0.25) is 4.79 Å². The zero-order valence-corrected chi connectivity index (χ0v) is 10.5. The van der Waals surface area contributed by atoms with Gasteiger partial charge in [-0.1, -0.05) is 26.8 Å². The summed E-state index contributed by atoms with van der Waals surface area (Å²) in [5, 5.41) is 2.56. The number of amides is 1. The van der Waals surface area contributed by atoms with E-state index >= 15 is 0 Å². The van der Waals surface area contributed by atoms with Gasteiger partial charge < -0.3 is 5.32 Å². The Bertz CT molecular complexity index is 364. The van der Waals surface area contributed by atoms with Crippen LogP contribution in [0.3, 0.4) is 0 Å². The molecule has 1 N–H and O–H groups in total. The minimum absolute atomic E-state index is 0.192. The number of para-hydroxylation sites is 1. The fraction of sp³-hybridized carbons (Fsp3) is 0.364. The van der Waals surface area contributed by atoms with E-state index < -0.39 is 11.2 Å². The van der Waals surface area contributed by atoms with Crippen LogP contribution in [-0.2, 0) is 4.79 Å². The lowest BCUT2D eigenvalue weighted by atomic mass is 9.95. The summed E-state index contributed by atoms with van der Waals surface area (Å²) in [6.45, 7) is 5.32. The van der Waals surface area contributed by atoms with Crippen LogP contribution in [0.2, 0.25) is 0 Å². The average molecular weight is 274 g/mol. The summed E-state index contributed by atoms with van der Waals surface area (Å²) in [6, 6.07) is 4.57. The maximum atomic E-state index is 13.4. The third kappa shape index (κ3) is 3.02. The third-order valence-electron chi connectivity index (χ3n) is 1.88. The first-order valence-electron chi connectivity index (χ1n) is 4.58. The van der Waals surface area contributed by atoms with E-state index in [1.54, 1.807) is 32.9 Å². The summed E-state index contributed by atoms with van der Waals surface area (Å²) >= 11 is 3.19. The van der Waals surface area contributed by atoms with Crippen molar-refractivity contribution in [3.8, 4) is 0 Å². The molecule has 0 unspecified atom stereocenters. The molecule has 1 amide bonds. The fourth-order valence-corrected chi connectivity index (χ4v) is 1.36. The summed E-state index contributed by atoms with van der Waals surface area (Å²) in [6.07, 6.45) is 0. The van der Waals surface area contributed by atoms with Gasteiger partial charge in [0.05, 0.1) is 5.69 Å². The van der Waals surface area contributed by atoms with Gasteiger partial charge in [0, 0.05) is 9.89 Å². The molecule has 0 aromatic heterocycles. The SMILES string of the molecule is CC(C)(C)C(=O)Nc1c(F)cccc1Br. The lowest BCUT2D eigenvalue weighted by Crippen LogP contribution is -2.28. The monoisotopic (exact) mass is 273 g/mol. The van der Waals surface area contributed by atoms with Crippen LogP contribution in [0.15, 0.2) is 22.7 Å². The van der Waals surface area contributed by atoms with Crippen LogP contribution in [0.5, 0.6) is 0 Å². The number of carbonyl (C=O) groups excluding carboxylic acids is 1. The Balaban J connectivity index is 2.95. The van der Waals surface area contributed by atoms with E-state index in [1.165, 1.54) is 6.07 Å². The summed E-state index contributed by atoms with van der Waals surface area (Å²) in [4.78, 5) is 11.6. The summed E-state index contributed by atoms with van der Waals surface area (Å²) < 4.78 is 13.9. The Morgan fingerprint density at radius 1 is 1.40 bits per heavy atom. The highest BCUT2D eigenvalue weighted by Crippen LogP contribution is 2.27. The van der Waals surface area contributed by atoms with Crippen molar-refractivity contribution in [2.75, 3.05) is 5.32 Å². The third-order valence-corrected chi connectivity index (χ3v) is 2.54. The quantitative estimate of drug-likeness (QED) is 0.833. The summed E-state index contributed by atoms with van der Waals surface area (Å²) in [5.41, 5.74) is -0.348. The van der Waals surface area contributed by atoms with Crippen LogP contribution in [-0.4, -0.2) is 5.91 Å². The Hall–Kier alpha value is -0.900. The molecule has 0 radical (unpaired) electrons. The molecule has 0 bridgehead atoms. The maximum absolute atomic E-state index is 13.4. The number of rotatable bonds is 1. The van der Waals surface area contributed by atoms with Crippen LogP contribution in [0, 0.1) is 11.2 Å². The van der Waals surface area contributed by atoms with E-state index in [9.17, 15) is 9.18 Å². The van der Waals surface area contributed by atoms with Crippen molar-refractivity contribution in [3.63, 3.8) is 0 Å². The van der Waals surface area contributed by atoms with Gasteiger partial charge in [0.25, 0.3) is 0 Å². The second-order valence-electron chi connectivity index (χ2n) is 4.30. The van der Waals surface area contributed by atoms with Gasteiger partial charge in [-0.25, -0.2) is 4.39 Å². The number of hydrogen-bond donors (Lipinski definition) is 1. The van der Waals surface area contributed by atoms with Crippen LogP contribution in [0.25, 0.3) is 0 Å². The molecule has 0 atom stereocenters. The second-order valence-corrected chi connectivity index (χ2v) is 5.16. The maximum Gasteiger partial charge on any atom is 0.229 e.